The summed E-state index contributed by atoms with van der Waals surface area (Å²) in [7, 11) is 1.67. The van der Waals surface area contributed by atoms with Gasteiger partial charge in [0.1, 0.15) is 10.8 Å². The Kier molecular flexibility index (Phi) is 5.04. The molecule has 4 nitrogen and oxygen atoms in total. The molecule has 0 radical (unpaired) electrons. The van der Waals surface area contributed by atoms with Crippen molar-refractivity contribution in [3.63, 3.8) is 0 Å². The molecular weight excluding hydrogens is 332 g/mol. The largest absolute Gasteiger partial charge is 0.496 e. The molecule has 0 aliphatic rings. The van der Waals surface area contributed by atoms with Gasteiger partial charge in [0.2, 0.25) is 0 Å². The number of ether oxygens (including phenoxy) is 1. The molecule has 0 unspecified atom stereocenters. The Hall–Kier alpha value is -2.40. The number of pyridine rings is 1. The Morgan fingerprint density at radius 3 is 2.72 bits per heavy atom. The summed E-state index contributed by atoms with van der Waals surface area (Å²) >= 11 is 1.56. The molecule has 0 saturated carbocycles. The SMILES string of the molecule is COc1ccc(C(C)C)cc1-c1csc(Cn2ccc(C)cc2=O)n1. The first kappa shape index (κ1) is 17.4. The molecule has 0 N–H and O–H groups in total. The number of methoxy groups -OCH3 is 1. The quantitative estimate of drug-likeness (QED) is 0.679. The predicted octanol–water partition coefficient (Wildman–Crippen LogP) is 4.46. The lowest BCUT2D eigenvalue weighted by Crippen LogP contribution is -2.19. The van der Waals surface area contributed by atoms with Crippen molar-refractivity contribution < 1.29 is 4.74 Å². The Morgan fingerprint density at radius 1 is 1.24 bits per heavy atom. The van der Waals surface area contributed by atoms with Crippen LogP contribution in [0.2, 0.25) is 0 Å². The third kappa shape index (κ3) is 3.82. The molecular formula is C20H22N2O2S. The van der Waals surface area contributed by atoms with Crippen LogP contribution < -0.4 is 10.3 Å². The van der Waals surface area contributed by atoms with Gasteiger partial charge in [0.05, 0.1) is 19.3 Å². The maximum atomic E-state index is 12.1. The highest BCUT2D eigenvalue weighted by atomic mass is 32.1. The molecule has 5 heteroatoms. The summed E-state index contributed by atoms with van der Waals surface area (Å²) in [4.78, 5) is 16.8. The summed E-state index contributed by atoms with van der Waals surface area (Å²) < 4.78 is 7.18. The van der Waals surface area contributed by atoms with E-state index in [2.05, 4.69) is 26.0 Å². The van der Waals surface area contributed by atoms with E-state index in [1.807, 2.05) is 30.6 Å². The van der Waals surface area contributed by atoms with Gasteiger partial charge in [0.25, 0.3) is 5.56 Å². The zero-order chi connectivity index (χ0) is 18.0. The number of hydrogen-bond acceptors (Lipinski definition) is 4. The van der Waals surface area contributed by atoms with Crippen LogP contribution in [0.1, 0.15) is 35.9 Å². The van der Waals surface area contributed by atoms with Gasteiger partial charge >= 0.3 is 0 Å². The molecule has 1 aromatic carbocycles. The number of rotatable bonds is 5. The second-order valence-corrected chi connectivity index (χ2v) is 7.35. The molecule has 3 rings (SSSR count). The van der Waals surface area contributed by atoms with Crippen LogP contribution >= 0.6 is 11.3 Å². The normalized spacial score (nSPS) is 11.1. The lowest BCUT2D eigenvalue weighted by Gasteiger charge is -2.11. The molecule has 0 amide bonds. The van der Waals surface area contributed by atoms with E-state index in [1.165, 1.54) is 5.56 Å². The van der Waals surface area contributed by atoms with Crippen molar-refractivity contribution in [3.05, 3.63) is 68.4 Å². The second-order valence-electron chi connectivity index (χ2n) is 6.41. The highest BCUT2D eigenvalue weighted by Gasteiger charge is 2.13. The topological polar surface area (TPSA) is 44.1 Å². The van der Waals surface area contributed by atoms with Crippen molar-refractivity contribution in [1.82, 2.24) is 9.55 Å². The summed E-state index contributed by atoms with van der Waals surface area (Å²) in [5.41, 5.74) is 4.10. The molecule has 2 heterocycles. The predicted molar refractivity (Wildman–Crippen MR) is 103 cm³/mol. The highest BCUT2D eigenvalue weighted by Crippen LogP contribution is 2.33. The number of hydrogen-bond donors (Lipinski definition) is 0. The number of aryl methyl sites for hydroxylation is 1. The van der Waals surface area contributed by atoms with Gasteiger partial charge in [-0.15, -0.1) is 11.3 Å². The Bertz CT molecular complexity index is 941. The molecule has 130 valence electrons. The van der Waals surface area contributed by atoms with E-state index < -0.39 is 0 Å². The first-order valence-corrected chi connectivity index (χ1v) is 9.15. The minimum absolute atomic E-state index is 0.00358. The van der Waals surface area contributed by atoms with Crippen LogP contribution in [0.5, 0.6) is 5.75 Å². The maximum Gasteiger partial charge on any atom is 0.251 e. The molecule has 2 aromatic heterocycles. The molecule has 0 aliphatic heterocycles. The van der Waals surface area contributed by atoms with Crippen LogP contribution in [0.3, 0.4) is 0 Å². The molecule has 0 fully saturated rings. The first-order chi connectivity index (χ1) is 12.0. The average molecular weight is 354 g/mol. The highest BCUT2D eigenvalue weighted by molar-refractivity contribution is 7.09. The molecule has 0 aliphatic carbocycles. The Morgan fingerprint density at radius 2 is 2.04 bits per heavy atom. The monoisotopic (exact) mass is 354 g/mol. The summed E-state index contributed by atoms with van der Waals surface area (Å²) in [5, 5.41) is 2.93. The summed E-state index contributed by atoms with van der Waals surface area (Å²) in [5.74, 6) is 1.25. The fraction of sp³-hybridized carbons (Fsp3) is 0.300. The van der Waals surface area contributed by atoms with E-state index in [0.29, 0.717) is 12.5 Å². The third-order valence-electron chi connectivity index (χ3n) is 4.18. The first-order valence-electron chi connectivity index (χ1n) is 8.27. The van der Waals surface area contributed by atoms with Gasteiger partial charge in [0, 0.05) is 23.2 Å². The summed E-state index contributed by atoms with van der Waals surface area (Å²) in [6.07, 6.45) is 1.82. The van der Waals surface area contributed by atoms with Crippen LogP contribution in [0.15, 0.2) is 46.7 Å². The minimum Gasteiger partial charge on any atom is -0.496 e. The van der Waals surface area contributed by atoms with E-state index in [9.17, 15) is 4.79 Å². The van der Waals surface area contributed by atoms with Gasteiger partial charge in [-0.25, -0.2) is 4.98 Å². The summed E-state index contributed by atoms with van der Waals surface area (Å²) in [6.45, 7) is 6.74. The van der Waals surface area contributed by atoms with Gasteiger partial charge < -0.3 is 9.30 Å². The van der Waals surface area contributed by atoms with Crippen molar-refractivity contribution in [2.24, 2.45) is 0 Å². The van der Waals surface area contributed by atoms with Crippen molar-refractivity contribution in [2.45, 2.75) is 33.2 Å². The van der Waals surface area contributed by atoms with E-state index in [0.717, 1.165) is 27.6 Å². The number of benzene rings is 1. The molecule has 0 spiro atoms. The van der Waals surface area contributed by atoms with Crippen LogP contribution in [0.25, 0.3) is 11.3 Å². The van der Waals surface area contributed by atoms with Gasteiger partial charge in [-0.2, -0.15) is 0 Å². The lowest BCUT2D eigenvalue weighted by molar-refractivity contribution is 0.416. The smallest absolute Gasteiger partial charge is 0.251 e. The minimum atomic E-state index is -0.00358. The second kappa shape index (κ2) is 7.23. The van der Waals surface area contributed by atoms with Gasteiger partial charge in [-0.05, 0) is 42.2 Å². The molecule has 0 atom stereocenters. The fourth-order valence-corrected chi connectivity index (χ4v) is 3.47. The maximum absolute atomic E-state index is 12.1. The molecule has 3 aromatic rings. The zero-order valence-corrected chi connectivity index (χ0v) is 15.8. The van der Waals surface area contributed by atoms with E-state index in [-0.39, 0.29) is 5.56 Å². The van der Waals surface area contributed by atoms with E-state index in [4.69, 9.17) is 9.72 Å². The zero-order valence-electron chi connectivity index (χ0n) is 14.9. The molecule has 0 saturated heterocycles. The van der Waals surface area contributed by atoms with Crippen molar-refractivity contribution in [3.8, 4) is 17.0 Å². The average Bonchev–Trinajstić information content (AvgIpc) is 3.05. The van der Waals surface area contributed by atoms with E-state index in [1.54, 1.807) is 29.1 Å². The van der Waals surface area contributed by atoms with Crippen LogP contribution in [0, 0.1) is 6.92 Å². The van der Waals surface area contributed by atoms with Gasteiger partial charge in [-0.3, -0.25) is 4.79 Å². The lowest BCUT2D eigenvalue weighted by atomic mass is 9.99. The number of aromatic nitrogens is 2. The summed E-state index contributed by atoms with van der Waals surface area (Å²) in [6, 6.07) is 9.80. The van der Waals surface area contributed by atoms with Gasteiger partial charge in [0.15, 0.2) is 0 Å². The van der Waals surface area contributed by atoms with Crippen LogP contribution in [-0.4, -0.2) is 16.7 Å². The Balaban J connectivity index is 1.93. The Labute approximate surface area is 151 Å². The van der Waals surface area contributed by atoms with Crippen LogP contribution in [0.4, 0.5) is 0 Å². The fourth-order valence-electron chi connectivity index (χ4n) is 2.68. The molecule has 25 heavy (non-hydrogen) atoms. The number of thiazole rings is 1. The standard InChI is InChI=1S/C20H22N2O2S/c1-13(2)15-5-6-18(24-4)16(10-15)17-12-25-19(21-17)11-22-8-7-14(3)9-20(22)23/h5-10,12-13H,11H2,1-4H3. The van der Waals surface area contributed by atoms with E-state index >= 15 is 0 Å². The van der Waals surface area contributed by atoms with Crippen molar-refractivity contribution >= 4 is 11.3 Å². The number of nitrogens with zero attached hydrogens (tertiary/aromatic N) is 2. The third-order valence-corrected chi connectivity index (χ3v) is 5.01. The van der Waals surface area contributed by atoms with Crippen molar-refractivity contribution in [2.75, 3.05) is 7.11 Å². The van der Waals surface area contributed by atoms with Crippen molar-refractivity contribution in [1.29, 1.82) is 0 Å². The van der Waals surface area contributed by atoms with Crippen LogP contribution in [-0.2, 0) is 6.54 Å². The molecule has 0 bridgehead atoms. The van der Waals surface area contributed by atoms with Gasteiger partial charge in [-0.1, -0.05) is 19.9 Å².